The maximum absolute atomic E-state index is 16.5. The van der Waals surface area contributed by atoms with Gasteiger partial charge >= 0.3 is 6.01 Å². The number of aromatic hydroxyl groups is 1. The Hall–Kier alpha value is -3.73. The number of carbonyl (C=O) groups is 1. The van der Waals surface area contributed by atoms with Crippen molar-refractivity contribution in [2.75, 3.05) is 51.8 Å². The van der Waals surface area contributed by atoms with Crippen LogP contribution in [0.1, 0.15) is 6.42 Å². The molecule has 0 radical (unpaired) electrons. The number of nitrogens with zero attached hydrogens (tertiary/aromatic N) is 4. The second-order valence-electron chi connectivity index (χ2n) is 9.85. The fourth-order valence-corrected chi connectivity index (χ4v) is 5.19. The number of benzene rings is 3. The van der Waals surface area contributed by atoms with Crippen molar-refractivity contribution in [3.05, 3.63) is 53.3 Å². The highest BCUT2D eigenvalue weighted by atomic mass is 35.5. The number of aromatic nitrogens is 2. The van der Waals surface area contributed by atoms with Gasteiger partial charge in [0.05, 0.1) is 11.6 Å². The number of rotatable bonds is 8. The van der Waals surface area contributed by atoms with Crippen LogP contribution in [0.3, 0.4) is 0 Å². The van der Waals surface area contributed by atoms with E-state index in [0.717, 1.165) is 23.7 Å². The summed E-state index contributed by atoms with van der Waals surface area (Å²) >= 11 is 6.74. The summed E-state index contributed by atoms with van der Waals surface area (Å²) in [4.78, 5) is 24.9. The largest absolute Gasteiger partial charge is 0.508 e. The molecule has 0 aliphatic carbocycles. The number of primary amides is 1. The number of fused-ring (bicyclic) bond motifs is 2. The summed E-state index contributed by atoms with van der Waals surface area (Å²) in [5.41, 5.74) is 6.15. The second kappa shape index (κ2) is 11.2. The summed E-state index contributed by atoms with van der Waals surface area (Å²) in [6, 6.07) is 11.5. The van der Waals surface area contributed by atoms with Crippen LogP contribution in [-0.4, -0.2) is 78.8 Å². The van der Waals surface area contributed by atoms with Crippen LogP contribution in [-0.2, 0) is 4.79 Å². The molecule has 0 unspecified atom stereocenters. The van der Waals surface area contributed by atoms with Crippen molar-refractivity contribution >= 4 is 45.0 Å². The van der Waals surface area contributed by atoms with E-state index in [9.17, 15) is 9.90 Å². The third-order valence-corrected chi connectivity index (χ3v) is 7.06. The highest BCUT2D eigenvalue weighted by molar-refractivity contribution is 6.35. The molecule has 1 aromatic heterocycles. The van der Waals surface area contributed by atoms with Crippen LogP contribution in [0.2, 0.25) is 5.02 Å². The Morgan fingerprint density at radius 1 is 1.26 bits per heavy atom. The molecule has 1 amide bonds. The highest BCUT2D eigenvalue weighted by Gasteiger charge is 2.28. The minimum Gasteiger partial charge on any atom is -0.508 e. The number of phenols is 1. The van der Waals surface area contributed by atoms with Crippen molar-refractivity contribution in [3.63, 3.8) is 0 Å². The average Bonchev–Trinajstić information content (AvgIpc) is 2.91. The number of nitrogens with two attached hydrogens (primary N) is 1. The van der Waals surface area contributed by atoms with Gasteiger partial charge in [-0.15, -0.1) is 0 Å². The van der Waals surface area contributed by atoms with Gasteiger partial charge in [-0.05, 0) is 55.1 Å². The molecule has 1 atom stereocenters. The van der Waals surface area contributed by atoms with E-state index in [-0.39, 0.29) is 34.4 Å². The summed E-state index contributed by atoms with van der Waals surface area (Å²) < 4.78 is 22.3. The van der Waals surface area contributed by atoms with Crippen molar-refractivity contribution in [2.45, 2.75) is 12.5 Å². The van der Waals surface area contributed by atoms with Crippen LogP contribution in [0, 0.1) is 5.82 Å². The number of piperazine rings is 1. The summed E-state index contributed by atoms with van der Waals surface area (Å²) in [6.45, 7) is 2.39. The smallest absolute Gasteiger partial charge is 0.319 e. The van der Waals surface area contributed by atoms with Crippen LogP contribution >= 0.6 is 11.6 Å². The first-order valence-corrected chi connectivity index (χ1v) is 13.1. The zero-order chi connectivity index (χ0) is 27.7. The van der Waals surface area contributed by atoms with Crippen LogP contribution in [0.15, 0.2) is 42.5 Å². The summed E-state index contributed by atoms with van der Waals surface area (Å²) in [6.07, 6.45) is 0.727. The Kier molecular flexibility index (Phi) is 7.69. The molecule has 9 nitrogen and oxygen atoms in total. The third kappa shape index (κ3) is 5.54. The lowest BCUT2D eigenvalue weighted by atomic mass is 9.96. The number of ether oxygens (including phenoxy) is 1. The molecule has 204 valence electrons. The van der Waals surface area contributed by atoms with Crippen molar-refractivity contribution in [1.82, 2.24) is 20.2 Å². The lowest BCUT2D eigenvalue weighted by Gasteiger charge is -2.33. The first-order chi connectivity index (χ1) is 18.7. The zero-order valence-electron chi connectivity index (χ0n) is 21.7. The van der Waals surface area contributed by atoms with E-state index >= 15 is 4.39 Å². The van der Waals surface area contributed by atoms with Crippen molar-refractivity contribution in [3.8, 4) is 22.9 Å². The molecule has 0 spiro atoms. The predicted octanol–water partition coefficient (Wildman–Crippen LogP) is 3.54. The van der Waals surface area contributed by atoms with Gasteiger partial charge in [0.2, 0.25) is 5.91 Å². The minimum atomic E-state index is -0.656. The van der Waals surface area contributed by atoms with Crippen LogP contribution in [0.5, 0.6) is 11.8 Å². The first-order valence-electron chi connectivity index (χ1n) is 12.7. The molecular weight excluding hydrogens is 523 g/mol. The van der Waals surface area contributed by atoms with E-state index in [1.54, 1.807) is 12.1 Å². The molecule has 1 saturated heterocycles. The highest BCUT2D eigenvalue weighted by Crippen LogP contribution is 2.42. The molecule has 2 heterocycles. The number of nitrogens with one attached hydrogen (secondary N) is 1. The molecule has 1 aliphatic rings. The quantitative estimate of drug-likeness (QED) is 0.284. The average molecular weight is 553 g/mol. The van der Waals surface area contributed by atoms with Gasteiger partial charge < -0.3 is 30.7 Å². The van der Waals surface area contributed by atoms with Crippen LogP contribution in [0.25, 0.3) is 32.8 Å². The lowest BCUT2D eigenvalue weighted by molar-refractivity contribution is -0.120. The number of anilines is 1. The standard InChI is InChI=1S/C28H30ClFN6O3/c1-35(2)9-5-11-39-28-33-25-20(27(34-28)36-10-8-32-22(15-36)26(31)38)14-21(29)23(24(25)30)19-13-17(37)12-16-6-3-4-7-18(16)19/h3-4,6-7,12-14,22,32,37H,5,8-11,15H2,1-2H3,(H2,31,38)/t22-/m1/s1. The summed E-state index contributed by atoms with van der Waals surface area (Å²) in [5.74, 6) is -0.744. The monoisotopic (exact) mass is 552 g/mol. The van der Waals surface area contributed by atoms with Crippen molar-refractivity contribution < 1.29 is 19.0 Å². The molecule has 0 saturated carbocycles. The molecule has 11 heteroatoms. The van der Waals surface area contributed by atoms with Crippen LogP contribution < -0.4 is 20.7 Å². The number of hydrogen-bond acceptors (Lipinski definition) is 8. The van der Waals surface area contributed by atoms with E-state index in [1.165, 1.54) is 6.07 Å². The van der Waals surface area contributed by atoms with Gasteiger partial charge in [0.25, 0.3) is 0 Å². The van der Waals surface area contributed by atoms with Gasteiger partial charge in [-0.3, -0.25) is 4.79 Å². The maximum atomic E-state index is 16.5. The van der Waals surface area contributed by atoms with Gasteiger partial charge in [0, 0.05) is 37.1 Å². The number of phenolic OH excluding ortho intramolecular Hbond substituents is 1. The number of carbonyl (C=O) groups excluding carboxylic acids is 1. The van der Waals surface area contributed by atoms with Gasteiger partial charge in [0.15, 0.2) is 5.82 Å². The molecule has 0 bridgehead atoms. The normalized spacial score (nSPS) is 15.8. The van der Waals surface area contributed by atoms with Crippen LogP contribution in [0.4, 0.5) is 10.2 Å². The molecule has 1 fully saturated rings. The predicted molar refractivity (Wildman–Crippen MR) is 151 cm³/mol. The number of amides is 1. The summed E-state index contributed by atoms with van der Waals surface area (Å²) in [7, 11) is 3.94. The van der Waals surface area contributed by atoms with Crippen molar-refractivity contribution in [1.29, 1.82) is 0 Å². The number of halogens is 2. The molecule has 4 aromatic rings. The zero-order valence-corrected chi connectivity index (χ0v) is 22.5. The molecule has 5 rings (SSSR count). The molecule has 3 aromatic carbocycles. The van der Waals surface area contributed by atoms with E-state index in [2.05, 4.69) is 15.3 Å². The topological polar surface area (TPSA) is 117 Å². The Bertz CT molecular complexity index is 1550. The molecule has 1 aliphatic heterocycles. The van der Waals surface area contributed by atoms with E-state index < -0.39 is 17.8 Å². The maximum Gasteiger partial charge on any atom is 0.319 e. The first kappa shape index (κ1) is 26.9. The molecule has 39 heavy (non-hydrogen) atoms. The molecular formula is C28H30ClFN6O3. The second-order valence-corrected chi connectivity index (χ2v) is 10.3. The molecule has 4 N–H and O–H groups in total. The third-order valence-electron chi connectivity index (χ3n) is 6.76. The van der Waals surface area contributed by atoms with Crippen molar-refractivity contribution in [2.24, 2.45) is 5.73 Å². The van der Waals surface area contributed by atoms with Gasteiger partial charge in [0.1, 0.15) is 23.1 Å². The minimum absolute atomic E-state index is 0.00846. The van der Waals surface area contributed by atoms with Gasteiger partial charge in [-0.1, -0.05) is 35.9 Å². The Labute approximate surface area is 230 Å². The van der Waals surface area contributed by atoms with E-state index in [1.807, 2.05) is 48.2 Å². The van der Waals surface area contributed by atoms with E-state index in [4.69, 9.17) is 22.1 Å². The Morgan fingerprint density at radius 3 is 2.82 bits per heavy atom. The number of hydrogen-bond donors (Lipinski definition) is 3. The van der Waals surface area contributed by atoms with Gasteiger partial charge in [-0.2, -0.15) is 9.97 Å². The SMILES string of the molecule is CN(C)CCCOc1nc(N2CCN[C@@H](C(N)=O)C2)c2cc(Cl)c(-c3cc(O)cc4ccccc34)c(F)c2n1. The lowest BCUT2D eigenvalue weighted by Crippen LogP contribution is -2.56. The fourth-order valence-electron chi connectivity index (χ4n) is 4.89. The Balaban J connectivity index is 1.67. The fraction of sp³-hybridized carbons (Fsp3) is 0.321. The van der Waals surface area contributed by atoms with E-state index in [0.29, 0.717) is 36.5 Å². The Morgan fingerprint density at radius 2 is 2.05 bits per heavy atom. The summed E-state index contributed by atoms with van der Waals surface area (Å²) in [5, 5.41) is 15.5. The van der Waals surface area contributed by atoms with Gasteiger partial charge in [-0.25, -0.2) is 4.39 Å².